The largest absolute Gasteiger partial charge is 0.481 e. The summed E-state index contributed by atoms with van der Waals surface area (Å²) < 4.78 is 0. The Morgan fingerprint density at radius 1 is 0.742 bits per heavy atom. The quantitative estimate of drug-likeness (QED) is 0.417. The van der Waals surface area contributed by atoms with E-state index in [1.807, 2.05) is 0 Å². The topological polar surface area (TPSA) is 74.6 Å². The summed E-state index contributed by atoms with van der Waals surface area (Å²) in [6, 6.07) is 13.0. The molecule has 2 aromatic carbocycles. The van der Waals surface area contributed by atoms with Crippen LogP contribution in [0.3, 0.4) is 0 Å². The van der Waals surface area contributed by atoms with Gasteiger partial charge in [0.1, 0.15) is 0 Å². The van der Waals surface area contributed by atoms with E-state index in [9.17, 15) is 9.59 Å². The van der Waals surface area contributed by atoms with Gasteiger partial charge in [-0.2, -0.15) is 0 Å². The molecule has 0 atom stereocenters. The maximum Gasteiger partial charge on any atom is 0.303 e. The van der Waals surface area contributed by atoms with Gasteiger partial charge in [-0.25, -0.2) is 0 Å². The minimum absolute atomic E-state index is 0.00660. The smallest absolute Gasteiger partial charge is 0.303 e. The van der Waals surface area contributed by atoms with E-state index in [2.05, 4.69) is 50.2 Å². The first kappa shape index (κ1) is 23.1. The lowest BCUT2D eigenvalue weighted by Crippen LogP contribution is -2.25. The van der Waals surface area contributed by atoms with E-state index in [1.165, 1.54) is 22.3 Å². The number of carboxylic acid groups (broad SMARTS) is 2. The summed E-state index contributed by atoms with van der Waals surface area (Å²) in [6.45, 7) is 4.46. The fourth-order valence-corrected chi connectivity index (χ4v) is 5.04. The number of benzene rings is 2. The van der Waals surface area contributed by atoms with Crippen LogP contribution in [0.15, 0.2) is 36.4 Å². The lowest BCUT2D eigenvalue weighted by atomic mass is 9.70. The van der Waals surface area contributed by atoms with Gasteiger partial charge >= 0.3 is 11.9 Å². The number of carbonyl (C=O) groups is 2. The van der Waals surface area contributed by atoms with Crippen LogP contribution in [0.25, 0.3) is 11.1 Å². The monoisotopic (exact) mass is 422 g/mol. The van der Waals surface area contributed by atoms with Gasteiger partial charge in [0.25, 0.3) is 0 Å². The van der Waals surface area contributed by atoms with Crippen molar-refractivity contribution in [3.05, 3.63) is 58.7 Å². The molecule has 31 heavy (non-hydrogen) atoms. The molecule has 0 bridgehead atoms. The molecule has 2 N–H and O–H groups in total. The van der Waals surface area contributed by atoms with Crippen LogP contribution in [0.1, 0.15) is 87.5 Å². The van der Waals surface area contributed by atoms with E-state index >= 15 is 0 Å². The number of carboxylic acids is 2. The molecule has 4 nitrogen and oxygen atoms in total. The van der Waals surface area contributed by atoms with Crippen molar-refractivity contribution < 1.29 is 19.8 Å². The van der Waals surface area contributed by atoms with Crippen LogP contribution in [-0.2, 0) is 27.8 Å². The number of hydrogen-bond donors (Lipinski definition) is 2. The molecule has 166 valence electrons. The maximum atomic E-state index is 11.1. The van der Waals surface area contributed by atoms with Crippen molar-refractivity contribution >= 4 is 11.9 Å². The summed E-state index contributed by atoms with van der Waals surface area (Å²) in [5.41, 5.74) is 7.23. The van der Waals surface area contributed by atoms with Gasteiger partial charge in [-0.15, -0.1) is 0 Å². The Hall–Kier alpha value is -2.62. The van der Waals surface area contributed by atoms with E-state index in [0.29, 0.717) is 12.8 Å². The van der Waals surface area contributed by atoms with Crippen LogP contribution >= 0.6 is 0 Å². The Morgan fingerprint density at radius 3 is 1.52 bits per heavy atom. The van der Waals surface area contributed by atoms with Crippen molar-refractivity contribution in [3.8, 4) is 11.1 Å². The highest BCUT2D eigenvalue weighted by Gasteiger charge is 2.42. The first-order valence-corrected chi connectivity index (χ1v) is 11.6. The maximum absolute atomic E-state index is 11.1. The van der Waals surface area contributed by atoms with Crippen molar-refractivity contribution in [1.29, 1.82) is 0 Å². The molecule has 0 saturated carbocycles. The molecule has 0 aliphatic heterocycles. The van der Waals surface area contributed by atoms with Crippen LogP contribution < -0.4 is 0 Å². The van der Waals surface area contributed by atoms with Gasteiger partial charge in [0.2, 0.25) is 0 Å². The van der Waals surface area contributed by atoms with Gasteiger partial charge in [-0.1, -0.05) is 75.9 Å². The van der Waals surface area contributed by atoms with Gasteiger partial charge in [-0.3, -0.25) is 9.59 Å². The Morgan fingerprint density at radius 2 is 1.16 bits per heavy atom. The molecule has 0 radical (unpaired) electrons. The van der Waals surface area contributed by atoms with Crippen LogP contribution in [0.4, 0.5) is 0 Å². The molecule has 0 saturated heterocycles. The van der Waals surface area contributed by atoms with E-state index in [0.717, 1.165) is 49.7 Å². The number of aliphatic carboxylic acids is 2. The third kappa shape index (κ3) is 5.00. The van der Waals surface area contributed by atoms with Crippen molar-refractivity contribution in [2.45, 2.75) is 83.5 Å². The number of aryl methyl sites for hydroxylation is 2. The predicted molar refractivity (Wildman–Crippen MR) is 124 cm³/mol. The SMILES string of the molecule is CCCCC1(CCCC)c2ccc(CCC(=O)O)cc2-c2cc(CCC(=O)O)ccc21. The predicted octanol–water partition coefficient (Wildman–Crippen LogP) is 6.37. The van der Waals surface area contributed by atoms with Crippen LogP contribution in [0.5, 0.6) is 0 Å². The number of unbranched alkanes of at least 4 members (excludes halogenated alkanes) is 2. The average Bonchev–Trinajstić information content (AvgIpc) is 3.02. The summed E-state index contributed by atoms with van der Waals surface area (Å²) in [6.07, 6.45) is 8.11. The minimum atomic E-state index is -0.780. The van der Waals surface area contributed by atoms with Crippen LogP contribution in [0.2, 0.25) is 0 Å². The second-order valence-electron chi connectivity index (χ2n) is 8.84. The van der Waals surface area contributed by atoms with Gasteiger partial charge in [0, 0.05) is 18.3 Å². The van der Waals surface area contributed by atoms with Gasteiger partial charge in [0.05, 0.1) is 0 Å². The fourth-order valence-electron chi connectivity index (χ4n) is 5.04. The molecule has 0 aromatic heterocycles. The molecular formula is C27H34O4. The average molecular weight is 423 g/mol. The Labute approximate surface area is 185 Å². The van der Waals surface area contributed by atoms with Crippen molar-refractivity contribution in [3.63, 3.8) is 0 Å². The van der Waals surface area contributed by atoms with Crippen molar-refractivity contribution in [1.82, 2.24) is 0 Å². The molecule has 0 spiro atoms. The van der Waals surface area contributed by atoms with E-state index in [1.54, 1.807) is 0 Å². The second-order valence-corrected chi connectivity index (χ2v) is 8.84. The zero-order valence-corrected chi connectivity index (χ0v) is 18.7. The fraction of sp³-hybridized carbons (Fsp3) is 0.481. The molecule has 0 unspecified atom stereocenters. The molecule has 3 rings (SSSR count). The minimum Gasteiger partial charge on any atom is -0.481 e. The first-order valence-electron chi connectivity index (χ1n) is 11.6. The Kier molecular flexibility index (Phi) is 7.53. The molecule has 0 amide bonds. The van der Waals surface area contributed by atoms with E-state index in [-0.39, 0.29) is 18.3 Å². The molecule has 1 aliphatic rings. The molecule has 2 aromatic rings. The van der Waals surface area contributed by atoms with Crippen LogP contribution in [-0.4, -0.2) is 22.2 Å². The zero-order chi connectivity index (χ0) is 22.4. The number of fused-ring (bicyclic) bond motifs is 3. The molecule has 4 heteroatoms. The van der Waals surface area contributed by atoms with Gasteiger partial charge in [-0.05, 0) is 59.1 Å². The van der Waals surface area contributed by atoms with Gasteiger partial charge in [0.15, 0.2) is 0 Å². The summed E-state index contributed by atoms with van der Waals surface area (Å²) >= 11 is 0. The second kappa shape index (κ2) is 10.1. The lowest BCUT2D eigenvalue weighted by molar-refractivity contribution is -0.138. The third-order valence-corrected chi connectivity index (χ3v) is 6.66. The van der Waals surface area contributed by atoms with Gasteiger partial charge < -0.3 is 10.2 Å². The number of hydrogen-bond acceptors (Lipinski definition) is 2. The highest BCUT2D eigenvalue weighted by molar-refractivity contribution is 5.82. The summed E-state index contributed by atoms with van der Waals surface area (Å²) in [7, 11) is 0. The van der Waals surface area contributed by atoms with Crippen molar-refractivity contribution in [2.24, 2.45) is 0 Å². The molecule has 1 aliphatic carbocycles. The Balaban J connectivity index is 2.11. The standard InChI is InChI=1S/C27H34O4/c1-3-5-15-27(16-6-4-2)23-11-7-19(9-13-25(28)29)17-21(23)22-18-20(8-12-24(22)27)10-14-26(30)31/h7-8,11-12,17-18H,3-6,9-10,13-16H2,1-2H3,(H,28,29)(H,30,31). The summed E-state index contributed by atoms with van der Waals surface area (Å²) in [4.78, 5) is 22.1. The Bertz CT molecular complexity index is 867. The highest BCUT2D eigenvalue weighted by Crippen LogP contribution is 2.54. The van der Waals surface area contributed by atoms with E-state index in [4.69, 9.17) is 10.2 Å². The zero-order valence-electron chi connectivity index (χ0n) is 18.7. The lowest BCUT2D eigenvalue weighted by Gasteiger charge is -2.32. The molecule has 0 fully saturated rings. The summed E-state index contributed by atoms with van der Waals surface area (Å²) in [5, 5.41) is 18.2. The molecule has 0 heterocycles. The summed E-state index contributed by atoms with van der Waals surface area (Å²) in [5.74, 6) is -1.56. The third-order valence-electron chi connectivity index (χ3n) is 6.66. The molecular weight excluding hydrogens is 388 g/mol. The van der Waals surface area contributed by atoms with Crippen molar-refractivity contribution in [2.75, 3.05) is 0 Å². The normalized spacial score (nSPS) is 13.6. The highest BCUT2D eigenvalue weighted by atomic mass is 16.4. The van der Waals surface area contributed by atoms with Crippen LogP contribution in [0, 0.1) is 0 Å². The number of rotatable bonds is 12. The van der Waals surface area contributed by atoms with E-state index < -0.39 is 11.9 Å². The first-order chi connectivity index (χ1) is 14.9.